The summed E-state index contributed by atoms with van der Waals surface area (Å²) in [6.07, 6.45) is 2.46. The largest absolute Gasteiger partial charge is 0.349 e. The van der Waals surface area contributed by atoms with Gasteiger partial charge in [0.05, 0.1) is 0 Å². The van der Waals surface area contributed by atoms with E-state index in [9.17, 15) is 4.79 Å². The minimum absolute atomic E-state index is 0.0904. The molecule has 0 aromatic carbocycles. The molecule has 0 radical (unpaired) electrons. The second kappa shape index (κ2) is 6.09. The van der Waals surface area contributed by atoms with Crippen LogP contribution in [0.2, 0.25) is 0 Å². The lowest BCUT2D eigenvalue weighted by atomic mass is 10.2. The second-order valence-electron chi connectivity index (χ2n) is 3.47. The summed E-state index contributed by atoms with van der Waals surface area (Å²) in [5, 5.41) is 13.6. The van der Waals surface area contributed by atoms with Gasteiger partial charge in [-0.3, -0.25) is 4.79 Å². The molecule has 0 saturated carbocycles. The van der Waals surface area contributed by atoms with Gasteiger partial charge in [0.25, 0.3) is 5.91 Å². The molecule has 0 saturated heterocycles. The molecule has 0 spiro atoms. The van der Waals surface area contributed by atoms with Gasteiger partial charge in [0.2, 0.25) is 0 Å². The normalized spacial score (nSPS) is 12.9. The lowest BCUT2D eigenvalue weighted by Crippen LogP contribution is -2.32. The van der Waals surface area contributed by atoms with Crippen LogP contribution in [0.25, 0.3) is 6.08 Å². The Hall–Kier alpha value is -1.60. The number of nitrogens with zero attached hydrogens (tertiary/aromatic N) is 1. The molecule has 0 aliphatic heterocycles. The van der Waals surface area contributed by atoms with Gasteiger partial charge in [-0.1, -0.05) is 13.0 Å². The third-order valence-electron chi connectivity index (χ3n) is 2.18. The van der Waals surface area contributed by atoms with Crippen molar-refractivity contribution in [3.8, 4) is 6.07 Å². The van der Waals surface area contributed by atoms with Crippen LogP contribution in [-0.2, 0) is 4.79 Å². The number of carbonyl (C=O) groups is 1. The first-order valence-corrected chi connectivity index (χ1v) is 6.01. The molecule has 0 aliphatic rings. The summed E-state index contributed by atoms with van der Waals surface area (Å²) in [4.78, 5) is 12.6. The molecule has 1 amide bonds. The van der Waals surface area contributed by atoms with E-state index in [0.29, 0.717) is 0 Å². The van der Waals surface area contributed by atoms with Crippen LogP contribution in [0.1, 0.15) is 25.1 Å². The number of nitrogens with one attached hydrogen (secondary N) is 1. The van der Waals surface area contributed by atoms with Crippen LogP contribution in [0.4, 0.5) is 0 Å². The molecule has 1 aromatic heterocycles. The Morgan fingerprint density at radius 1 is 1.75 bits per heavy atom. The SMILES string of the molecule is CC[C@H](C)NC(=O)/C(C#N)=C/c1cccs1. The highest BCUT2D eigenvalue weighted by Gasteiger charge is 2.11. The third-order valence-corrected chi connectivity index (χ3v) is 3.00. The molecule has 1 heterocycles. The van der Waals surface area contributed by atoms with E-state index in [4.69, 9.17) is 5.26 Å². The van der Waals surface area contributed by atoms with Gasteiger partial charge in [-0.2, -0.15) is 5.26 Å². The van der Waals surface area contributed by atoms with Crippen molar-refractivity contribution in [3.05, 3.63) is 28.0 Å². The van der Waals surface area contributed by atoms with Crippen molar-refractivity contribution in [1.82, 2.24) is 5.32 Å². The highest BCUT2D eigenvalue weighted by molar-refractivity contribution is 7.10. The fourth-order valence-corrected chi connectivity index (χ4v) is 1.73. The van der Waals surface area contributed by atoms with Crippen LogP contribution in [-0.4, -0.2) is 11.9 Å². The summed E-state index contributed by atoms with van der Waals surface area (Å²) < 4.78 is 0. The minimum atomic E-state index is -0.301. The lowest BCUT2D eigenvalue weighted by molar-refractivity contribution is -0.117. The van der Waals surface area contributed by atoms with Crippen molar-refractivity contribution in [3.63, 3.8) is 0 Å². The maximum absolute atomic E-state index is 11.7. The molecule has 0 unspecified atom stereocenters. The molecular formula is C12H14N2OS. The Bertz CT molecular complexity index is 415. The lowest BCUT2D eigenvalue weighted by Gasteiger charge is -2.10. The zero-order valence-corrected chi connectivity index (χ0v) is 10.2. The Labute approximate surface area is 99.4 Å². The predicted molar refractivity (Wildman–Crippen MR) is 65.8 cm³/mol. The Morgan fingerprint density at radius 2 is 2.50 bits per heavy atom. The molecule has 0 aliphatic carbocycles. The van der Waals surface area contributed by atoms with E-state index in [0.717, 1.165) is 11.3 Å². The van der Waals surface area contributed by atoms with E-state index in [1.54, 1.807) is 6.08 Å². The molecule has 0 bridgehead atoms. The van der Waals surface area contributed by atoms with E-state index >= 15 is 0 Å². The van der Waals surface area contributed by atoms with Crippen LogP contribution in [0, 0.1) is 11.3 Å². The third kappa shape index (κ3) is 3.52. The van der Waals surface area contributed by atoms with Crippen LogP contribution < -0.4 is 5.32 Å². The highest BCUT2D eigenvalue weighted by Crippen LogP contribution is 2.13. The molecule has 1 aromatic rings. The number of rotatable bonds is 4. The van der Waals surface area contributed by atoms with Gasteiger partial charge >= 0.3 is 0 Å². The average molecular weight is 234 g/mol. The van der Waals surface area contributed by atoms with Crippen molar-refractivity contribution in [2.24, 2.45) is 0 Å². The van der Waals surface area contributed by atoms with Crippen LogP contribution >= 0.6 is 11.3 Å². The molecule has 0 fully saturated rings. The zero-order valence-electron chi connectivity index (χ0n) is 9.36. The maximum atomic E-state index is 11.7. The summed E-state index contributed by atoms with van der Waals surface area (Å²) in [6.45, 7) is 3.90. The van der Waals surface area contributed by atoms with Crippen LogP contribution in [0.15, 0.2) is 23.1 Å². The van der Waals surface area contributed by atoms with Crippen molar-refractivity contribution < 1.29 is 4.79 Å². The Kier molecular flexibility index (Phi) is 4.74. The summed E-state index contributed by atoms with van der Waals surface area (Å²) in [5.41, 5.74) is 0.155. The topological polar surface area (TPSA) is 52.9 Å². The Morgan fingerprint density at radius 3 is 3.00 bits per heavy atom. The van der Waals surface area contributed by atoms with Gasteiger partial charge in [0.15, 0.2) is 0 Å². The molecule has 84 valence electrons. The fourth-order valence-electron chi connectivity index (χ4n) is 1.07. The summed E-state index contributed by atoms with van der Waals surface area (Å²) >= 11 is 1.50. The fraction of sp³-hybridized carbons (Fsp3) is 0.333. The number of hydrogen-bond acceptors (Lipinski definition) is 3. The monoisotopic (exact) mass is 234 g/mol. The summed E-state index contributed by atoms with van der Waals surface area (Å²) in [5.74, 6) is -0.301. The van der Waals surface area contributed by atoms with Crippen molar-refractivity contribution in [1.29, 1.82) is 5.26 Å². The van der Waals surface area contributed by atoms with E-state index < -0.39 is 0 Å². The first-order chi connectivity index (χ1) is 7.67. The second-order valence-corrected chi connectivity index (χ2v) is 4.45. The van der Waals surface area contributed by atoms with Crippen molar-refractivity contribution in [2.75, 3.05) is 0 Å². The van der Waals surface area contributed by atoms with Gasteiger partial charge in [0, 0.05) is 10.9 Å². The summed E-state index contributed by atoms with van der Waals surface area (Å²) in [7, 11) is 0. The van der Waals surface area contributed by atoms with E-state index in [1.807, 2.05) is 37.4 Å². The van der Waals surface area contributed by atoms with Gasteiger partial charge in [0.1, 0.15) is 11.6 Å². The highest BCUT2D eigenvalue weighted by atomic mass is 32.1. The smallest absolute Gasteiger partial charge is 0.262 e. The van der Waals surface area contributed by atoms with Gasteiger partial charge in [-0.15, -0.1) is 11.3 Å². The number of amides is 1. The van der Waals surface area contributed by atoms with Gasteiger partial charge in [-0.25, -0.2) is 0 Å². The zero-order chi connectivity index (χ0) is 12.0. The van der Waals surface area contributed by atoms with Gasteiger partial charge < -0.3 is 5.32 Å². The van der Waals surface area contributed by atoms with Crippen LogP contribution in [0.5, 0.6) is 0 Å². The Balaban J connectivity index is 2.76. The first-order valence-electron chi connectivity index (χ1n) is 5.13. The molecule has 1 atom stereocenters. The standard InChI is InChI=1S/C12H14N2OS/c1-3-9(2)14-12(15)10(8-13)7-11-5-4-6-16-11/h4-7,9H,3H2,1-2H3,(H,14,15)/b10-7+/t9-/m0/s1. The van der Waals surface area contributed by atoms with E-state index in [2.05, 4.69) is 5.32 Å². The molecular weight excluding hydrogens is 220 g/mol. The average Bonchev–Trinajstić information content (AvgIpc) is 2.78. The number of carbonyl (C=O) groups excluding carboxylic acids is 1. The van der Waals surface area contributed by atoms with Gasteiger partial charge in [-0.05, 0) is 30.9 Å². The molecule has 1 N–H and O–H groups in total. The number of hydrogen-bond donors (Lipinski definition) is 1. The molecule has 16 heavy (non-hydrogen) atoms. The first kappa shape index (κ1) is 12.5. The maximum Gasteiger partial charge on any atom is 0.262 e. The minimum Gasteiger partial charge on any atom is -0.349 e. The number of nitriles is 1. The van der Waals surface area contributed by atoms with Crippen molar-refractivity contribution in [2.45, 2.75) is 26.3 Å². The summed E-state index contributed by atoms with van der Waals surface area (Å²) in [6, 6.07) is 5.78. The molecule has 4 heteroatoms. The molecule has 3 nitrogen and oxygen atoms in total. The quantitative estimate of drug-likeness (QED) is 0.643. The van der Waals surface area contributed by atoms with E-state index in [1.165, 1.54) is 11.3 Å². The van der Waals surface area contributed by atoms with E-state index in [-0.39, 0.29) is 17.5 Å². The number of thiophene rings is 1. The molecule has 1 rings (SSSR count). The van der Waals surface area contributed by atoms with Crippen LogP contribution in [0.3, 0.4) is 0 Å². The van der Waals surface area contributed by atoms with Crippen molar-refractivity contribution >= 4 is 23.3 Å². The predicted octanol–water partition coefficient (Wildman–Crippen LogP) is 2.57.